The molecule has 6 nitrogen and oxygen atoms in total. The first-order valence-corrected chi connectivity index (χ1v) is 9.98. The molecule has 0 fully saturated rings. The highest BCUT2D eigenvalue weighted by Crippen LogP contribution is 2.37. The number of carbonyl (C=O) groups excluding carboxylic acids is 2. The summed E-state index contributed by atoms with van der Waals surface area (Å²) < 4.78 is 83.0. The van der Waals surface area contributed by atoms with E-state index in [9.17, 15) is 31.5 Å². The number of allylic oxidation sites excluding steroid dienone is 1. The number of nitrogens with zero attached hydrogens (tertiary/aromatic N) is 1. The van der Waals surface area contributed by atoms with Gasteiger partial charge >= 0.3 is 5.97 Å². The summed E-state index contributed by atoms with van der Waals surface area (Å²) in [7, 11) is 0. The third-order valence-corrected chi connectivity index (χ3v) is 4.92. The van der Waals surface area contributed by atoms with E-state index in [0.29, 0.717) is 11.3 Å². The lowest BCUT2D eigenvalue weighted by Crippen LogP contribution is -2.29. The summed E-state index contributed by atoms with van der Waals surface area (Å²) in [5.74, 6) is -14.5. The quantitative estimate of drug-likeness (QED) is 0.124. The van der Waals surface area contributed by atoms with Crippen LogP contribution in [0, 0.1) is 36.0 Å². The molecule has 0 saturated carbocycles. The molecule has 1 aliphatic heterocycles. The minimum Gasteiger partial charge on any atom is -0.473 e. The molecule has 0 amide bonds. The van der Waals surface area contributed by atoms with Crippen molar-refractivity contribution >= 4 is 17.8 Å². The van der Waals surface area contributed by atoms with Gasteiger partial charge < -0.3 is 14.2 Å². The molecule has 0 spiro atoms. The Morgan fingerprint density at radius 2 is 1.69 bits per heavy atom. The van der Waals surface area contributed by atoms with E-state index in [1.807, 2.05) is 0 Å². The second kappa shape index (κ2) is 9.16. The molecule has 2 aromatic carbocycles. The zero-order valence-corrected chi connectivity index (χ0v) is 18.0. The van der Waals surface area contributed by atoms with Crippen LogP contribution >= 0.6 is 0 Å². The number of ketones is 1. The fourth-order valence-electron chi connectivity index (χ4n) is 3.24. The fourth-order valence-corrected chi connectivity index (χ4v) is 3.24. The first-order valence-electron chi connectivity index (χ1n) is 9.98. The molecule has 0 aliphatic carbocycles. The van der Waals surface area contributed by atoms with Crippen LogP contribution in [0.5, 0.6) is 17.2 Å². The number of rotatable bonds is 5. The highest BCUT2D eigenvalue weighted by molar-refractivity contribution is 6.15. The lowest BCUT2D eigenvalue weighted by molar-refractivity contribution is -0.141. The first-order chi connectivity index (χ1) is 16.6. The number of benzene rings is 2. The predicted molar refractivity (Wildman–Crippen MR) is 110 cm³/mol. The van der Waals surface area contributed by atoms with Crippen LogP contribution in [0.4, 0.5) is 22.0 Å². The molecule has 1 unspecified atom stereocenters. The number of esters is 1. The van der Waals surface area contributed by atoms with Crippen molar-refractivity contribution in [1.29, 1.82) is 0 Å². The summed E-state index contributed by atoms with van der Waals surface area (Å²) in [6, 6.07) is 7.67. The van der Waals surface area contributed by atoms with Crippen LogP contribution in [0.25, 0.3) is 6.08 Å². The Morgan fingerprint density at radius 3 is 2.31 bits per heavy atom. The molecule has 1 aliphatic rings. The SMILES string of the molecule is Cc1cc(OC(=O)C(C)Oc2c(F)c(F)c(F)c(F)c2F)cc2c1C(=O)/C(=C/c1ccccn1)O2. The monoisotopic (exact) mass is 491 g/mol. The summed E-state index contributed by atoms with van der Waals surface area (Å²) in [5, 5.41) is 0. The Bertz CT molecular complexity index is 1360. The third kappa shape index (κ3) is 4.44. The average molecular weight is 491 g/mol. The van der Waals surface area contributed by atoms with Crippen LogP contribution in [0.15, 0.2) is 42.3 Å². The van der Waals surface area contributed by atoms with Gasteiger partial charge in [-0.1, -0.05) is 6.07 Å². The molecule has 3 aromatic rings. The van der Waals surface area contributed by atoms with Gasteiger partial charge in [0.25, 0.3) is 0 Å². The van der Waals surface area contributed by atoms with Crippen molar-refractivity contribution in [3.05, 3.63) is 88.2 Å². The topological polar surface area (TPSA) is 74.7 Å². The van der Waals surface area contributed by atoms with Crippen molar-refractivity contribution in [3.63, 3.8) is 0 Å². The molecule has 35 heavy (non-hydrogen) atoms. The molecule has 180 valence electrons. The summed E-state index contributed by atoms with van der Waals surface area (Å²) in [5.41, 5.74) is 1.11. The van der Waals surface area contributed by atoms with E-state index in [1.165, 1.54) is 24.4 Å². The molecular formula is C24H14F5NO5. The molecule has 2 heterocycles. The van der Waals surface area contributed by atoms with Gasteiger partial charge in [0.05, 0.1) is 11.3 Å². The van der Waals surface area contributed by atoms with Gasteiger partial charge in [0.1, 0.15) is 11.5 Å². The second-order valence-electron chi connectivity index (χ2n) is 7.39. The van der Waals surface area contributed by atoms with Gasteiger partial charge in [-0.3, -0.25) is 9.78 Å². The van der Waals surface area contributed by atoms with Crippen LogP contribution in [0.1, 0.15) is 28.5 Å². The molecule has 0 N–H and O–H groups in total. The minimum absolute atomic E-state index is 0.00621. The Kier molecular flexibility index (Phi) is 6.25. The van der Waals surface area contributed by atoms with E-state index in [-0.39, 0.29) is 22.8 Å². The Labute approximate surface area is 194 Å². The van der Waals surface area contributed by atoms with E-state index in [1.54, 1.807) is 25.1 Å². The van der Waals surface area contributed by atoms with E-state index in [0.717, 1.165) is 6.92 Å². The second-order valence-corrected chi connectivity index (χ2v) is 7.39. The highest BCUT2D eigenvalue weighted by Gasteiger charge is 2.32. The Hall–Kier alpha value is -4.28. The summed E-state index contributed by atoms with van der Waals surface area (Å²) in [6.07, 6.45) is 1.21. The van der Waals surface area contributed by atoms with Gasteiger partial charge in [-0.15, -0.1) is 0 Å². The van der Waals surface area contributed by atoms with E-state index in [4.69, 9.17) is 9.47 Å². The molecular weight excluding hydrogens is 477 g/mol. The van der Waals surface area contributed by atoms with Gasteiger partial charge in [-0.05, 0) is 37.6 Å². The first kappa shape index (κ1) is 23.9. The van der Waals surface area contributed by atoms with Crippen molar-refractivity contribution in [2.24, 2.45) is 0 Å². The zero-order chi connectivity index (χ0) is 25.4. The normalized spacial score (nSPS) is 14.5. The largest absolute Gasteiger partial charge is 0.473 e. The number of Topliss-reactive ketones (excluding diaryl/α,β-unsaturated/α-hetero) is 1. The summed E-state index contributed by atoms with van der Waals surface area (Å²) in [4.78, 5) is 29.2. The van der Waals surface area contributed by atoms with Crippen LogP contribution in [0.3, 0.4) is 0 Å². The molecule has 0 saturated heterocycles. The van der Waals surface area contributed by atoms with E-state index >= 15 is 0 Å². The molecule has 0 radical (unpaired) electrons. The number of halogens is 5. The maximum atomic E-state index is 13.8. The fraction of sp³-hybridized carbons (Fsp3) is 0.125. The number of fused-ring (bicyclic) bond motifs is 1. The third-order valence-electron chi connectivity index (χ3n) is 4.92. The van der Waals surface area contributed by atoms with Gasteiger partial charge in [0, 0.05) is 18.3 Å². The molecule has 1 atom stereocenters. The van der Waals surface area contributed by atoms with Gasteiger partial charge in [0.2, 0.25) is 34.9 Å². The average Bonchev–Trinajstić information content (AvgIpc) is 3.14. The van der Waals surface area contributed by atoms with E-state index in [2.05, 4.69) is 9.72 Å². The van der Waals surface area contributed by atoms with Crippen LogP contribution in [-0.2, 0) is 4.79 Å². The van der Waals surface area contributed by atoms with Crippen molar-refractivity contribution in [1.82, 2.24) is 4.98 Å². The standard InChI is InChI=1S/C24H14F5NO5/c1-10-7-13(9-14-16(10)22(31)15(35-14)8-12-5-3-4-6-30-12)34-24(32)11(2)33-23-20(28)18(26)17(25)19(27)21(23)29/h3-9,11H,1-2H3/b15-8-. The molecule has 11 heteroatoms. The van der Waals surface area contributed by atoms with E-state index < -0.39 is 52.7 Å². The van der Waals surface area contributed by atoms with Gasteiger partial charge in [-0.25, -0.2) is 18.0 Å². The minimum atomic E-state index is -2.36. The maximum absolute atomic E-state index is 13.8. The maximum Gasteiger partial charge on any atom is 0.352 e. The van der Waals surface area contributed by atoms with Crippen LogP contribution in [-0.4, -0.2) is 22.8 Å². The zero-order valence-electron chi connectivity index (χ0n) is 18.0. The van der Waals surface area contributed by atoms with Crippen molar-refractivity contribution in [2.75, 3.05) is 0 Å². The highest BCUT2D eigenvalue weighted by atomic mass is 19.2. The van der Waals surface area contributed by atoms with Crippen molar-refractivity contribution in [3.8, 4) is 17.2 Å². The van der Waals surface area contributed by atoms with Gasteiger partial charge in [-0.2, -0.15) is 8.78 Å². The van der Waals surface area contributed by atoms with Crippen molar-refractivity contribution < 1.29 is 45.8 Å². The van der Waals surface area contributed by atoms with Crippen molar-refractivity contribution in [2.45, 2.75) is 20.0 Å². The number of ether oxygens (including phenoxy) is 3. The number of aromatic nitrogens is 1. The Balaban J connectivity index is 1.53. The number of hydrogen-bond donors (Lipinski definition) is 0. The molecule has 0 bridgehead atoms. The lowest BCUT2D eigenvalue weighted by Gasteiger charge is -2.16. The lowest BCUT2D eigenvalue weighted by atomic mass is 10.0. The van der Waals surface area contributed by atoms with Crippen LogP contribution < -0.4 is 14.2 Å². The molecule has 1 aromatic heterocycles. The van der Waals surface area contributed by atoms with Crippen LogP contribution in [0.2, 0.25) is 0 Å². The molecule has 4 rings (SSSR count). The summed E-state index contributed by atoms with van der Waals surface area (Å²) in [6.45, 7) is 2.56. The van der Waals surface area contributed by atoms with Gasteiger partial charge in [0.15, 0.2) is 17.6 Å². The smallest absolute Gasteiger partial charge is 0.352 e. The predicted octanol–water partition coefficient (Wildman–Crippen LogP) is 5.07. The Morgan fingerprint density at radius 1 is 1.03 bits per heavy atom. The number of aryl methyl sites for hydroxylation is 1. The number of hydrogen-bond acceptors (Lipinski definition) is 6. The number of carbonyl (C=O) groups is 2. The number of pyridine rings is 1. The summed E-state index contributed by atoms with van der Waals surface area (Å²) >= 11 is 0.